The summed E-state index contributed by atoms with van der Waals surface area (Å²) in [4.78, 5) is 2.38. The lowest BCUT2D eigenvalue weighted by Crippen LogP contribution is -2.49. The van der Waals surface area contributed by atoms with Gasteiger partial charge in [0.15, 0.2) is 0 Å². The molecule has 4 nitrogen and oxygen atoms in total. The molecule has 1 aliphatic carbocycles. The van der Waals surface area contributed by atoms with E-state index in [1.807, 2.05) is 0 Å². The molecule has 18 heavy (non-hydrogen) atoms. The van der Waals surface area contributed by atoms with Crippen molar-refractivity contribution in [2.75, 3.05) is 40.0 Å². The van der Waals surface area contributed by atoms with Crippen LogP contribution in [-0.2, 0) is 4.74 Å². The summed E-state index contributed by atoms with van der Waals surface area (Å²) in [5.74, 6) is 1.40. The van der Waals surface area contributed by atoms with Gasteiger partial charge in [0.05, 0.1) is 13.2 Å². The fourth-order valence-corrected chi connectivity index (χ4v) is 3.17. The largest absolute Gasteiger partial charge is 0.395 e. The molecular formula is C14H30N2O2. The van der Waals surface area contributed by atoms with Crippen molar-refractivity contribution < 1.29 is 9.84 Å². The lowest BCUT2D eigenvalue weighted by atomic mass is 9.76. The Balaban J connectivity index is 2.63. The molecule has 108 valence electrons. The van der Waals surface area contributed by atoms with Crippen molar-refractivity contribution in [2.45, 2.75) is 38.6 Å². The summed E-state index contributed by atoms with van der Waals surface area (Å²) in [7, 11) is 1.73. The SMILES string of the molecule is CCC1CCC(CN)C(N(CCO)CCOC)C1. The van der Waals surface area contributed by atoms with Crippen LogP contribution in [0.15, 0.2) is 0 Å². The maximum absolute atomic E-state index is 9.23. The highest BCUT2D eigenvalue weighted by Crippen LogP contribution is 2.33. The van der Waals surface area contributed by atoms with Crippen LogP contribution >= 0.6 is 0 Å². The van der Waals surface area contributed by atoms with Gasteiger partial charge in [0, 0.05) is 26.2 Å². The Morgan fingerprint density at radius 3 is 2.67 bits per heavy atom. The molecule has 0 heterocycles. The number of ether oxygens (including phenoxy) is 1. The van der Waals surface area contributed by atoms with Crippen molar-refractivity contribution >= 4 is 0 Å². The van der Waals surface area contributed by atoms with Crippen LogP contribution in [0.3, 0.4) is 0 Å². The number of hydrogen-bond donors (Lipinski definition) is 2. The van der Waals surface area contributed by atoms with E-state index in [2.05, 4.69) is 11.8 Å². The minimum atomic E-state index is 0.217. The van der Waals surface area contributed by atoms with Crippen LogP contribution in [0.1, 0.15) is 32.6 Å². The van der Waals surface area contributed by atoms with Gasteiger partial charge in [0.2, 0.25) is 0 Å². The monoisotopic (exact) mass is 258 g/mol. The first kappa shape index (κ1) is 15.9. The molecule has 3 unspecified atom stereocenters. The molecule has 0 aromatic heterocycles. The van der Waals surface area contributed by atoms with Gasteiger partial charge in [-0.25, -0.2) is 0 Å². The predicted octanol–water partition coefficient (Wildman–Crippen LogP) is 1.08. The fourth-order valence-electron chi connectivity index (χ4n) is 3.17. The maximum atomic E-state index is 9.23. The standard InChI is InChI=1S/C14H30N2O2/c1-3-12-4-5-13(11-15)14(10-12)16(6-8-17)7-9-18-2/h12-14,17H,3-11,15H2,1-2H3. The molecule has 0 aromatic carbocycles. The zero-order chi connectivity index (χ0) is 13.4. The van der Waals surface area contributed by atoms with Gasteiger partial charge in [-0.15, -0.1) is 0 Å². The third kappa shape index (κ3) is 4.50. The van der Waals surface area contributed by atoms with Gasteiger partial charge in [-0.1, -0.05) is 19.8 Å². The van der Waals surface area contributed by atoms with Crippen molar-refractivity contribution in [3.05, 3.63) is 0 Å². The topological polar surface area (TPSA) is 58.7 Å². The second kappa shape index (κ2) is 8.86. The van der Waals surface area contributed by atoms with Crippen molar-refractivity contribution in [1.29, 1.82) is 0 Å². The molecule has 0 radical (unpaired) electrons. The summed E-state index contributed by atoms with van der Waals surface area (Å²) in [6.07, 6.45) is 5.02. The van der Waals surface area contributed by atoms with E-state index in [1.54, 1.807) is 7.11 Å². The first-order valence-corrected chi connectivity index (χ1v) is 7.30. The van der Waals surface area contributed by atoms with E-state index in [4.69, 9.17) is 10.5 Å². The van der Waals surface area contributed by atoms with E-state index >= 15 is 0 Å². The molecule has 0 saturated heterocycles. The minimum Gasteiger partial charge on any atom is -0.395 e. The van der Waals surface area contributed by atoms with E-state index < -0.39 is 0 Å². The number of nitrogens with two attached hydrogens (primary N) is 1. The van der Waals surface area contributed by atoms with Crippen molar-refractivity contribution in [2.24, 2.45) is 17.6 Å². The predicted molar refractivity (Wildman–Crippen MR) is 74.5 cm³/mol. The third-order valence-corrected chi connectivity index (χ3v) is 4.38. The van der Waals surface area contributed by atoms with Gasteiger partial charge in [-0.05, 0) is 31.2 Å². The van der Waals surface area contributed by atoms with Gasteiger partial charge in [-0.2, -0.15) is 0 Å². The molecule has 0 spiro atoms. The Bertz CT molecular complexity index is 214. The number of hydrogen-bond acceptors (Lipinski definition) is 4. The first-order chi connectivity index (χ1) is 8.76. The summed E-state index contributed by atoms with van der Waals surface area (Å²) in [5, 5.41) is 9.23. The average molecular weight is 258 g/mol. The Kier molecular flexibility index (Phi) is 7.82. The quantitative estimate of drug-likeness (QED) is 0.684. The normalized spacial score (nSPS) is 28.8. The van der Waals surface area contributed by atoms with Crippen LogP contribution in [0.2, 0.25) is 0 Å². The Morgan fingerprint density at radius 2 is 2.11 bits per heavy atom. The molecule has 1 fully saturated rings. The van der Waals surface area contributed by atoms with Crippen LogP contribution in [0, 0.1) is 11.8 Å². The van der Waals surface area contributed by atoms with Crippen molar-refractivity contribution in [1.82, 2.24) is 4.90 Å². The maximum Gasteiger partial charge on any atom is 0.0589 e. The number of aliphatic hydroxyl groups excluding tert-OH is 1. The number of rotatable bonds is 8. The van der Waals surface area contributed by atoms with E-state index in [1.165, 1.54) is 25.7 Å². The molecular weight excluding hydrogens is 228 g/mol. The molecule has 0 bridgehead atoms. The van der Waals surface area contributed by atoms with E-state index in [0.717, 1.165) is 32.2 Å². The molecule has 1 saturated carbocycles. The van der Waals surface area contributed by atoms with Crippen molar-refractivity contribution in [3.63, 3.8) is 0 Å². The number of nitrogens with zero attached hydrogens (tertiary/aromatic N) is 1. The van der Waals surface area contributed by atoms with Crippen LogP contribution in [-0.4, -0.2) is 56.0 Å². The van der Waals surface area contributed by atoms with Crippen LogP contribution in [0.5, 0.6) is 0 Å². The molecule has 4 heteroatoms. The summed E-state index contributed by atoms with van der Waals surface area (Å²) >= 11 is 0. The van der Waals surface area contributed by atoms with Crippen LogP contribution < -0.4 is 5.73 Å². The van der Waals surface area contributed by atoms with Gasteiger partial charge in [-0.3, -0.25) is 4.90 Å². The zero-order valence-corrected chi connectivity index (χ0v) is 12.0. The Labute approximate surface area is 111 Å². The van der Waals surface area contributed by atoms with Crippen molar-refractivity contribution in [3.8, 4) is 0 Å². The molecule has 1 rings (SSSR count). The lowest BCUT2D eigenvalue weighted by molar-refractivity contribution is 0.0441. The zero-order valence-electron chi connectivity index (χ0n) is 12.0. The summed E-state index contributed by atoms with van der Waals surface area (Å²) in [6, 6.07) is 0.524. The molecule has 0 amide bonds. The average Bonchev–Trinajstić information content (AvgIpc) is 2.42. The molecule has 0 aliphatic heterocycles. The summed E-state index contributed by atoms with van der Waals surface area (Å²) < 4.78 is 5.18. The van der Waals surface area contributed by atoms with E-state index in [9.17, 15) is 5.11 Å². The molecule has 3 N–H and O–H groups in total. The number of methoxy groups -OCH3 is 1. The first-order valence-electron chi connectivity index (χ1n) is 7.30. The number of aliphatic hydroxyl groups is 1. The van der Waals surface area contributed by atoms with E-state index in [0.29, 0.717) is 12.0 Å². The van der Waals surface area contributed by atoms with Crippen LogP contribution in [0.4, 0.5) is 0 Å². The molecule has 1 aliphatic rings. The van der Waals surface area contributed by atoms with Gasteiger partial charge < -0.3 is 15.6 Å². The second-order valence-electron chi connectivity index (χ2n) is 5.40. The minimum absolute atomic E-state index is 0.217. The fraction of sp³-hybridized carbons (Fsp3) is 1.00. The smallest absolute Gasteiger partial charge is 0.0589 e. The third-order valence-electron chi connectivity index (χ3n) is 4.38. The second-order valence-corrected chi connectivity index (χ2v) is 5.40. The highest BCUT2D eigenvalue weighted by Gasteiger charge is 2.32. The van der Waals surface area contributed by atoms with Gasteiger partial charge in [0.25, 0.3) is 0 Å². The molecule has 0 aromatic rings. The lowest BCUT2D eigenvalue weighted by Gasteiger charge is -2.42. The van der Waals surface area contributed by atoms with Crippen LogP contribution in [0.25, 0.3) is 0 Å². The van der Waals surface area contributed by atoms with Gasteiger partial charge >= 0.3 is 0 Å². The summed E-state index contributed by atoms with van der Waals surface area (Å²) in [6.45, 7) is 5.61. The highest BCUT2D eigenvalue weighted by molar-refractivity contribution is 4.87. The summed E-state index contributed by atoms with van der Waals surface area (Å²) in [5.41, 5.74) is 5.92. The van der Waals surface area contributed by atoms with Gasteiger partial charge in [0.1, 0.15) is 0 Å². The molecule has 3 atom stereocenters. The Hall–Kier alpha value is -0.160. The highest BCUT2D eigenvalue weighted by atomic mass is 16.5. The Morgan fingerprint density at radius 1 is 1.33 bits per heavy atom. The van der Waals surface area contributed by atoms with E-state index in [-0.39, 0.29) is 6.61 Å².